The summed E-state index contributed by atoms with van der Waals surface area (Å²) in [4.78, 5) is 22.0. The van der Waals surface area contributed by atoms with Gasteiger partial charge in [0.2, 0.25) is 5.91 Å². The maximum absolute atomic E-state index is 11.9. The summed E-state index contributed by atoms with van der Waals surface area (Å²) in [6, 6.07) is 6.71. The smallest absolute Gasteiger partial charge is 0.319 e. The highest BCUT2D eigenvalue weighted by Gasteiger charge is 2.18. The van der Waals surface area contributed by atoms with Crippen LogP contribution in [0.15, 0.2) is 46.2 Å². The van der Waals surface area contributed by atoms with Crippen LogP contribution in [0.3, 0.4) is 0 Å². The molecule has 0 aromatic heterocycles. The summed E-state index contributed by atoms with van der Waals surface area (Å²) < 4.78 is 66.4. The van der Waals surface area contributed by atoms with Crippen molar-refractivity contribution in [2.24, 2.45) is 0 Å². The molecule has 0 heterocycles. The lowest BCUT2D eigenvalue weighted by Crippen LogP contribution is -2.34. The number of anilines is 2. The zero-order valence-corrected chi connectivity index (χ0v) is 19.5. The normalized spacial score (nSPS) is 12.1. The van der Waals surface area contributed by atoms with Gasteiger partial charge in [-0.1, -0.05) is 24.3 Å². The molecule has 5 N–H and O–H groups in total. The standard InChI is InChI=1S/C20H23N3O8S2/c1-12(2)21-20(25)23-17-9-7-15(19(11-17)33(29,30)31)5-4-14-6-8-16(22-13(3)24)10-18(14)32(26,27)28/h4-12H,1-3H3,(H,22,24)(H2,21,23,25)(H,26,27,28)(H,29,30,31). The predicted octanol–water partition coefficient (Wildman–Crippen LogP) is 2.84. The monoisotopic (exact) mass is 497 g/mol. The van der Waals surface area contributed by atoms with Gasteiger partial charge in [-0.25, -0.2) is 4.79 Å². The third-order valence-corrected chi connectivity index (χ3v) is 5.84. The maximum Gasteiger partial charge on any atom is 0.319 e. The average Bonchev–Trinajstić information content (AvgIpc) is 2.65. The molecule has 2 rings (SSSR count). The minimum absolute atomic E-state index is 0.00796. The second kappa shape index (κ2) is 10.1. The summed E-state index contributed by atoms with van der Waals surface area (Å²) in [7, 11) is -9.41. The summed E-state index contributed by atoms with van der Waals surface area (Å²) in [5.41, 5.74) is 0.197. The van der Waals surface area contributed by atoms with Crippen LogP contribution in [0, 0.1) is 0 Å². The third kappa shape index (κ3) is 7.68. The molecule has 0 aliphatic carbocycles. The molecule has 178 valence electrons. The third-order valence-electron chi connectivity index (χ3n) is 4.02. The van der Waals surface area contributed by atoms with Gasteiger partial charge < -0.3 is 16.0 Å². The molecule has 13 heteroatoms. The van der Waals surface area contributed by atoms with Crippen molar-refractivity contribution in [3.8, 4) is 0 Å². The molecular weight excluding hydrogens is 474 g/mol. The molecule has 3 amide bonds. The van der Waals surface area contributed by atoms with Crippen LogP contribution in [0.4, 0.5) is 16.2 Å². The van der Waals surface area contributed by atoms with Gasteiger partial charge in [0.05, 0.1) is 0 Å². The molecule has 0 radical (unpaired) electrons. The Morgan fingerprint density at radius 3 is 1.61 bits per heavy atom. The molecule has 2 aromatic rings. The van der Waals surface area contributed by atoms with Crippen molar-refractivity contribution in [2.75, 3.05) is 10.6 Å². The Bertz CT molecular complexity index is 1320. The van der Waals surface area contributed by atoms with E-state index in [0.29, 0.717) is 0 Å². The van der Waals surface area contributed by atoms with Gasteiger partial charge in [0.15, 0.2) is 0 Å². The molecule has 0 fully saturated rings. The van der Waals surface area contributed by atoms with E-state index in [4.69, 9.17) is 0 Å². The molecule has 0 spiro atoms. The summed E-state index contributed by atoms with van der Waals surface area (Å²) in [5, 5.41) is 7.40. The molecule has 11 nitrogen and oxygen atoms in total. The Morgan fingerprint density at radius 1 is 0.818 bits per heavy atom. The number of hydrogen-bond donors (Lipinski definition) is 5. The van der Waals surface area contributed by atoms with Gasteiger partial charge >= 0.3 is 6.03 Å². The minimum Gasteiger partial charge on any atom is -0.336 e. The van der Waals surface area contributed by atoms with Gasteiger partial charge in [0.25, 0.3) is 20.2 Å². The number of nitrogens with one attached hydrogen (secondary N) is 3. The molecule has 0 bridgehead atoms. The van der Waals surface area contributed by atoms with Gasteiger partial charge in [-0.05, 0) is 49.2 Å². The summed E-state index contributed by atoms with van der Waals surface area (Å²) in [5.74, 6) is -0.451. The molecule has 0 atom stereocenters. The van der Waals surface area contributed by atoms with Gasteiger partial charge in [-0.2, -0.15) is 16.8 Å². The number of rotatable bonds is 7. The largest absolute Gasteiger partial charge is 0.336 e. The van der Waals surface area contributed by atoms with Crippen molar-refractivity contribution in [1.29, 1.82) is 0 Å². The first-order chi connectivity index (χ1) is 15.2. The fraction of sp³-hybridized carbons (Fsp3) is 0.200. The highest BCUT2D eigenvalue weighted by Crippen LogP contribution is 2.26. The van der Waals surface area contributed by atoms with E-state index in [-0.39, 0.29) is 28.5 Å². The second-order valence-corrected chi connectivity index (χ2v) is 10.0. The fourth-order valence-electron chi connectivity index (χ4n) is 2.76. The molecule has 0 saturated carbocycles. The van der Waals surface area contributed by atoms with E-state index in [0.717, 1.165) is 12.1 Å². The van der Waals surface area contributed by atoms with E-state index in [1.54, 1.807) is 13.8 Å². The lowest BCUT2D eigenvalue weighted by atomic mass is 10.1. The van der Waals surface area contributed by atoms with E-state index in [1.165, 1.54) is 43.3 Å². The highest BCUT2D eigenvalue weighted by molar-refractivity contribution is 7.86. The predicted molar refractivity (Wildman–Crippen MR) is 123 cm³/mol. The van der Waals surface area contributed by atoms with Gasteiger partial charge in [-0.15, -0.1) is 0 Å². The van der Waals surface area contributed by atoms with Crippen LogP contribution >= 0.6 is 0 Å². The summed E-state index contributed by atoms with van der Waals surface area (Å²) in [6.45, 7) is 4.70. The first-order valence-electron chi connectivity index (χ1n) is 9.43. The molecule has 0 unspecified atom stereocenters. The van der Waals surface area contributed by atoms with Crippen molar-refractivity contribution >= 4 is 55.7 Å². The number of urea groups is 1. The van der Waals surface area contributed by atoms with E-state index < -0.39 is 42.0 Å². The summed E-state index contributed by atoms with van der Waals surface area (Å²) >= 11 is 0. The molecule has 0 aliphatic heterocycles. The topological polar surface area (TPSA) is 179 Å². The van der Waals surface area contributed by atoms with E-state index in [2.05, 4.69) is 16.0 Å². The van der Waals surface area contributed by atoms with Crippen molar-refractivity contribution in [3.63, 3.8) is 0 Å². The van der Waals surface area contributed by atoms with Crippen molar-refractivity contribution in [3.05, 3.63) is 47.5 Å². The van der Waals surface area contributed by atoms with Crippen LogP contribution in [0.2, 0.25) is 0 Å². The second-order valence-electron chi connectivity index (χ2n) is 7.22. The average molecular weight is 498 g/mol. The number of carbonyl (C=O) groups excluding carboxylic acids is 2. The quantitative estimate of drug-likeness (QED) is 0.286. The first kappa shape index (κ1) is 26.0. The van der Waals surface area contributed by atoms with E-state index >= 15 is 0 Å². The zero-order valence-electron chi connectivity index (χ0n) is 17.9. The Hall–Kier alpha value is -3.26. The fourth-order valence-corrected chi connectivity index (χ4v) is 4.18. The van der Waals surface area contributed by atoms with Crippen molar-refractivity contribution < 1.29 is 35.5 Å². The maximum atomic E-state index is 11.9. The lowest BCUT2D eigenvalue weighted by Gasteiger charge is -2.12. The van der Waals surface area contributed by atoms with Crippen LogP contribution in [0.5, 0.6) is 0 Å². The van der Waals surface area contributed by atoms with Crippen LogP contribution in [-0.4, -0.2) is 43.9 Å². The Balaban J connectivity index is 2.48. The number of carbonyl (C=O) groups is 2. The van der Waals surface area contributed by atoms with Gasteiger partial charge in [0.1, 0.15) is 9.79 Å². The molecular formula is C20H23N3O8S2. The van der Waals surface area contributed by atoms with Crippen LogP contribution in [-0.2, 0) is 25.0 Å². The number of benzene rings is 2. The number of amides is 3. The number of hydrogen-bond acceptors (Lipinski definition) is 6. The molecule has 0 saturated heterocycles. The molecule has 33 heavy (non-hydrogen) atoms. The van der Waals surface area contributed by atoms with Gasteiger partial charge in [-0.3, -0.25) is 13.9 Å². The van der Waals surface area contributed by atoms with Crippen LogP contribution < -0.4 is 16.0 Å². The van der Waals surface area contributed by atoms with Crippen molar-refractivity contribution in [1.82, 2.24) is 5.32 Å². The van der Waals surface area contributed by atoms with E-state index in [9.17, 15) is 35.5 Å². The minimum atomic E-state index is -4.72. The van der Waals surface area contributed by atoms with Crippen molar-refractivity contribution in [2.45, 2.75) is 36.6 Å². The van der Waals surface area contributed by atoms with Crippen LogP contribution in [0.25, 0.3) is 12.2 Å². The molecule has 0 aliphatic rings. The van der Waals surface area contributed by atoms with Crippen LogP contribution in [0.1, 0.15) is 31.9 Å². The SMILES string of the molecule is CC(=O)Nc1ccc(C=Cc2ccc(NC(=O)NC(C)C)cc2S(=O)(=O)O)c(S(=O)(=O)O)c1. The van der Waals surface area contributed by atoms with Gasteiger partial charge in [0, 0.05) is 24.3 Å². The van der Waals surface area contributed by atoms with E-state index in [1.807, 2.05) is 0 Å². The zero-order chi connectivity index (χ0) is 25.0. The first-order valence-corrected chi connectivity index (χ1v) is 12.3. The highest BCUT2D eigenvalue weighted by atomic mass is 32.2. The summed E-state index contributed by atoms with van der Waals surface area (Å²) in [6.07, 6.45) is 2.42. The Kier molecular flexibility index (Phi) is 7.97. The lowest BCUT2D eigenvalue weighted by molar-refractivity contribution is -0.114. The Labute approximate surface area is 191 Å². The molecule has 2 aromatic carbocycles. The Morgan fingerprint density at radius 2 is 1.24 bits per heavy atom.